The summed E-state index contributed by atoms with van der Waals surface area (Å²) in [7, 11) is 0. The lowest BCUT2D eigenvalue weighted by molar-refractivity contribution is 0.199. The molecule has 0 bridgehead atoms. The molecule has 1 atom stereocenters. The van der Waals surface area contributed by atoms with E-state index in [1.807, 2.05) is 36.5 Å². The van der Waals surface area contributed by atoms with Crippen LogP contribution in [0, 0.1) is 0 Å². The fourth-order valence-electron chi connectivity index (χ4n) is 1.01. The Labute approximate surface area is 81.8 Å². The number of benzene rings is 1. The number of fused-ring (bicyclic) bond motifs is 1. The summed E-state index contributed by atoms with van der Waals surface area (Å²) in [6.45, 7) is 1.76. The van der Waals surface area contributed by atoms with Crippen LogP contribution in [-0.2, 0) is 0 Å². The van der Waals surface area contributed by atoms with E-state index >= 15 is 0 Å². The van der Waals surface area contributed by atoms with Crippen LogP contribution in [0.5, 0.6) is 0 Å². The molecule has 0 spiro atoms. The third-order valence-electron chi connectivity index (χ3n) is 1.93. The molecular weight excluding hydrogens is 178 g/mol. The van der Waals surface area contributed by atoms with Crippen molar-refractivity contribution in [3.63, 3.8) is 0 Å². The second-order valence-corrected chi connectivity index (χ2v) is 3.11. The molecule has 0 amide bonds. The highest BCUT2D eigenvalue weighted by Crippen LogP contribution is 2.11. The van der Waals surface area contributed by atoms with Gasteiger partial charge in [0, 0.05) is 0 Å². The van der Waals surface area contributed by atoms with Crippen molar-refractivity contribution >= 4 is 0 Å². The number of hydrogen-bond acceptors (Lipinski definition) is 3. The van der Waals surface area contributed by atoms with Gasteiger partial charge in [-0.3, -0.25) is 0 Å². The summed E-state index contributed by atoms with van der Waals surface area (Å²) in [6, 6.07) is 9.59. The summed E-state index contributed by atoms with van der Waals surface area (Å²) in [5.74, 6) is 1.02. The van der Waals surface area contributed by atoms with Gasteiger partial charge in [0.1, 0.15) is 0 Å². The first-order chi connectivity index (χ1) is 6.77. The number of hydrogen-bond donors (Lipinski definition) is 1. The third-order valence-corrected chi connectivity index (χ3v) is 1.93. The molecule has 2 heterocycles. The zero-order valence-corrected chi connectivity index (χ0v) is 7.83. The van der Waals surface area contributed by atoms with Crippen molar-refractivity contribution in [2.24, 2.45) is 0 Å². The molecule has 14 heavy (non-hydrogen) atoms. The minimum Gasteiger partial charge on any atom is -0.389 e. The fraction of sp³-hybridized carbons (Fsp3) is 0.200. The maximum atomic E-state index is 9.02. The van der Waals surface area contributed by atoms with E-state index < -0.39 is 0 Å². The van der Waals surface area contributed by atoms with Gasteiger partial charge in [-0.15, -0.1) is 5.10 Å². The van der Waals surface area contributed by atoms with Crippen LogP contribution in [0.1, 0.15) is 18.6 Å². The summed E-state index contributed by atoms with van der Waals surface area (Å²) in [5.41, 5.74) is 0.970. The van der Waals surface area contributed by atoms with Crippen molar-refractivity contribution in [1.82, 2.24) is 15.0 Å². The first-order valence-corrected chi connectivity index (χ1v) is 4.43. The molecule has 1 aromatic rings. The molecule has 4 heteroatoms. The molecule has 0 aromatic heterocycles. The number of aromatic nitrogens is 3. The summed E-state index contributed by atoms with van der Waals surface area (Å²) in [5, 5.41) is 16.1. The van der Waals surface area contributed by atoms with Crippen molar-refractivity contribution in [3.05, 3.63) is 42.1 Å². The lowest BCUT2D eigenvalue weighted by atomic mass is 10.1. The van der Waals surface area contributed by atoms with Crippen LogP contribution >= 0.6 is 0 Å². The van der Waals surface area contributed by atoms with Gasteiger partial charge >= 0.3 is 0 Å². The number of rotatable bonds is 1. The predicted octanol–water partition coefficient (Wildman–Crippen LogP) is 1.32. The Hall–Kier alpha value is -1.68. The van der Waals surface area contributed by atoms with Crippen LogP contribution < -0.4 is 0 Å². The Kier molecular flexibility index (Phi) is 2.28. The molecule has 0 saturated heterocycles. The molecule has 1 N–H and O–H groups in total. The number of nitrogens with zero attached hydrogens (tertiary/aromatic N) is 3. The van der Waals surface area contributed by atoms with E-state index in [0.717, 1.165) is 11.4 Å². The third kappa shape index (κ3) is 1.97. The monoisotopic (exact) mass is 189 g/mol. The standard InChI is InChI=1S/C8H10O.C2HN3/c1-7(9)8-5-3-2-4-6-8;1-2-3-4-5(1)2/h2-7,9H,1H3;1H. The van der Waals surface area contributed by atoms with Gasteiger partial charge in [0.2, 0.25) is 0 Å². The average Bonchev–Trinajstić information content (AvgIpc) is 2.76. The minimum absolute atomic E-state index is 0.341. The average molecular weight is 189 g/mol. The fourth-order valence-corrected chi connectivity index (χ4v) is 1.01. The summed E-state index contributed by atoms with van der Waals surface area (Å²) < 4.78 is 1.72. The molecule has 0 fully saturated rings. The molecule has 2 aliphatic rings. The molecule has 2 aliphatic heterocycles. The molecule has 0 aliphatic carbocycles. The van der Waals surface area contributed by atoms with E-state index in [0.29, 0.717) is 0 Å². The Bertz CT molecular complexity index is 384. The van der Waals surface area contributed by atoms with Crippen LogP contribution in [0.25, 0.3) is 5.82 Å². The Morgan fingerprint density at radius 3 is 2.14 bits per heavy atom. The Morgan fingerprint density at radius 2 is 1.93 bits per heavy atom. The molecule has 72 valence electrons. The molecule has 3 rings (SSSR count). The van der Waals surface area contributed by atoms with Crippen LogP contribution in [0.3, 0.4) is 0 Å². The summed E-state index contributed by atoms with van der Waals surface area (Å²) in [6.07, 6.45) is 1.52. The van der Waals surface area contributed by atoms with E-state index in [9.17, 15) is 0 Å². The van der Waals surface area contributed by atoms with Crippen molar-refractivity contribution in [3.8, 4) is 5.82 Å². The van der Waals surface area contributed by atoms with Crippen molar-refractivity contribution < 1.29 is 5.11 Å². The largest absolute Gasteiger partial charge is 0.389 e. The quantitative estimate of drug-likeness (QED) is 0.628. The predicted molar refractivity (Wildman–Crippen MR) is 52.0 cm³/mol. The minimum atomic E-state index is -0.341. The van der Waals surface area contributed by atoms with Crippen LogP contribution in [0.15, 0.2) is 36.5 Å². The van der Waals surface area contributed by atoms with Gasteiger partial charge in [-0.1, -0.05) is 35.5 Å². The van der Waals surface area contributed by atoms with Crippen LogP contribution in [-0.4, -0.2) is 20.1 Å². The highest BCUT2D eigenvalue weighted by molar-refractivity contribution is 5.28. The smallest absolute Gasteiger partial charge is 0.197 e. The summed E-state index contributed by atoms with van der Waals surface area (Å²) >= 11 is 0. The maximum Gasteiger partial charge on any atom is 0.197 e. The van der Waals surface area contributed by atoms with Gasteiger partial charge in [-0.05, 0) is 12.5 Å². The maximum absolute atomic E-state index is 9.02. The molecule has 1 aromatic carbocycles. The molecule has 4 nitrogen and oxygen atoms in total. The topological polar surface area (TPSA) is 50.9 Å². The highest BCUT2D eigenvalue weighted by Gasteiger charge is 2.14. The van der Waals surface area contributed by atoms with E-state index in [2.05, 4.69) is 10.3 Å². The van der Waals surface area contributed by atoms with Gasteiger partial charge in [0.05, 0.1) is 12.3 Å². The van der Waals surface area contributed by atoms with E-state index in [1.54, 1.807) is 11.6 Å². The second-order valence-electron chi connectivity index (χ2n) is 3.11. The van der Waals surface area contributed by atoms with Crippen LogP contribution in [0.2, 0.25) is 0 Å². The molecule has 0 saturated carbocycles. The van der Waals surface area contributed by atoms with Crippen molar-refractivity contribution in [2.75, 3.05) is 0 Å². The zero-order valence-electron chi connectivity index (χ0n) is 7.83. The van der Waals surface area contributed by atoms with Crippen molar-refractivity contribution in [1.29, 1.82) is 0 Å². The van der Waals surface area contributed by atoms with E-state index in [1.165, 1.54) is 0 Å². The van der Waals surface area contributed by atoms with E-state index in [4.69, 9.17) is 5.11 Å². The molecule has 0 radical (unpaired) electrons. The van der Waals surface area contributed by atoms with Gasteiger partial charge < -0.3 is 5.11 Å². The first-order valence-electron chi connectivity index (χ1n) is 4.43. The lowest BCUT2D eigenvalue weighted by Crippen LogP contribution is -1.92. The number of aliphatic hydroxyl groups excluding tert-OH is 1. The van der Waals surface area contributed by atoms with Gasteiger partial charge in [-0.2, -0.15) is 4.68 Å². The van der Waals surface area contributed by atoms with Gasteiger partial charge in [0.15, 0.2) is 5.82 Å². The normalized spacial score (nSPS) is 12.7. The second kappa shape index (κ2) is 3.59. The lowest BCUT2D eigenvalue weighted by Gasteiger charge is -2.00. The first kappa shape index (κ1) is 8.90. The molecular formula is C10H11N3O. The Morgan fingerprint density at radius 1 is 1.29 bits per heavy atom. The van der Waals surface area contributed by atoms with Gasteiger partial charge in [-0.25, -0.2) is 0 Å². The van der Waals surface area contributed by atoms with Crippen molar-refractivity contribution in [2.45, 2.75) is 13.0 Å². The SMILES string of the molecule is CC(O)c1ccccc1.c1c2nnn1-2. The highest BCUT2D eigenvalue weighted by atomic mass is 16.3. The molecule has 1 unspecified atom stereocenters. The Balaban J connectivity index is 0.000000123. The zero-order chi connectivity index (χ0) is 9.97. The number of aliphatic hydroxyl groups is 1. The summed E-state index contributed by atoms with van der Waals surface area (Å²) in [4.78, 5) is 0. The van der Waals surface area contributed by atoms with Gasteiger partial charge in [0.25, 0.3) is 0 Å². The van der Waals surface area contributed by atoms with E-state index in [-0.39, 0.29) is 6.10 Å². The van der Waals surface area contributed by atoms with Crippen LogP contribution in [0.4, 0.5) is 0 Å².